The molecule has 12 aromatic rings. The van der Waals surface area contributed by atoms with Gasteiger partial charge in [-0.15, -0.1) is 0 Å². The smallest absolute Gasteiger partial charge is 0.167 e. The molecule has 2 aliphatic carbocycles. The third-order valence-electron chi connectivity index (χ3n) is 13.4. The van der Waals surface area contributed by atoms with E-state index in [1.807, 2.05) is 48.5 Å². The van der Waals surface area contributed by atoms with Crippen LogP contribution >= 0.6 is 0 Å². The molecule has 14 rings (SSSR count). The number of hydrogen-bond donors (Lipinski definition) is 0. The molecule has 0 N–H and O–H groups in total. The molecule has 0 unspecified atom stereocenters. The third-order valence-corrected chi connectivity index (χ3v) is 13.4. The molecule has 0 fully saturated rings. The van der Waals surface area contributed by atoms with Crippen molar-refractivity contribution >= 4 is 43.9 Å². The minimum atomic E-state index is -0.645. The van der Waals surface area contributed by atoms with Crippen LogP contribution in [-0.2, 0) is 5.41 Å². The van der Waals surface area contributed by atoms with Gasteiger partial charge in [0.2, 0.25) is 0 Å². The highest BCUT2D eigenvalue weighted by atomic mass is 16.3. The van der Waals surface area contributed by atoms with Gasteiger partial charge in [-0.3, -0.25) is 0 Å². The minimum Gasteiger partial charge on any atom is -0.456 e. The summed E-state index contributed by atoms with van der Waals surface area (Å²) in [4.78, 5) is 16.3. The standard InChI is InChI=1S/C58H33N3O2/c1-2-17-35-34(16-1)36-18-3-8-27-45(36)58(46-28-9-4-19-37(35)46)47-29-10-5-21-40(47)52-42(24-14-30-48(52)58)55-59-56(43-25-15-33-51-53(43)41-22-7-12-32-50(41)62-51)61-57(60-55)44-26-13-23-39-38-20-6-11-31-49(38)63-54(39)44/h1-33H. The predicted molar refractivity (Wildman–Crippen MR) is 252 cm³/mol. The van der Waals surface area contributed by atoms with Gasteiger partial charge in [-0.25, -0.2) is 15.0 Å². The molecule has 0 amide bonds. The molecule has 63 heavy (non-hydrogen) atoms. The Hall–Kier alpha value is -8.41. The molecule has 1 spiro atoms. The topological polar surface area (TPSA) is 65.0 Å². The molecule has 292 valence electrons. The predicted octanol–water partition coefficient (Wildman–Crippen LogP) is 14.7. The van der Waals surface area contributed by atoms with Gasteiger partial charge < -0.3 is 8.83 Å². The minimum absolute atomic E-state index is 0.531. The summed E-state index contributed by atoms with van der Waals surface area (Å²) in [5, 5.41) is 4.03. The van der Waals surface area contributed by atoms with Crippen molar-refractivity contribution in [3.63, 3.8) is 0 Å². The average Bonchev–Trinajstić information content (AvgIpc) is 4.00. The largest absolute Gasteiger partial charge is 0.456 e. The van der Waals surface area contributed by atoms with E-state index in [0.29, 0.717) is 17.5 Å². The Bertz CT molecular complexity index is 3830. The summed E-state index contributed by atoms with van der Waals surface area (Å²) < 4.78 is 13.0. The molecular weight excluding hydrogens is 771 g/mol. The van der Waals surface area contributed by atoms with E-state index in [0.717, 1.165) is 71.7 Å². The van der Waals surface area contributed by atoms with Crippen LogP contribution in [0.4, 0.5) is 0 Å². The molecule has 3 heterocycles. The van der Waals surface area contributed by atoms with E-state index in [9.17, 15) is 0 Å². The SMILES string of the molecule is c1ccc2c(c1)-c1ccccc1C1(c3ccccc3-2)c2ccccc2-c2c(-c3nc(-c4cccc5c4oc4ccccc45)nc(-c4cccc5oc6ccccc6c45)n3)cccc21. The maximum atomic E-state index is 6.63. The Kier molecular flexibility index (Phi) is 6.97. The van der Waals surface area contributed by atoms with Crippen molar-refractivity contribution in [2.24, 2.45) is 0 Å². The molecule has 0 bridgehead atoms. The zero-order valence-corrected chi connectivity index (χ0v) is 33.7. The first kappa shape index (κ1) is 34.3. The summed E-state index contributed by atoms with van der Waals surface area (Å²) in [5.41, 5.74) is 17.2. The van der Waals surface area contributed by atoms with Crippen LogP contribution in [0.25, 0.3) is 111 Å². The van der Waals surface area contributed by atoms with Crippen LogP contribution in [0.5, 0.6) is 0 Å². The van der Waals surface area contributed by atoms with Gasteiger partial charge in [0, 0.05) is 32.7 Å². The second-order valence-electron chi connectivity index (χ2n) is 16.5. The lowest BCUT2D eigenvalue weighted by atomic mass is 9.66. The molecule has 0 saturated carbocycles. The first-order valence-electron chi connectivity index (χ1n) is 21.4. The van der Waals surface area contributed by atoms with E-state index in [2.05, 4.69) is 152 Å². The van der Waals surface area contributed by atoms with Crippen LogP contribution < -0.4 is 0 Å². The van der Waals surface area contributed by atoms with Crippen molar-refractivity contribution in [3.8, 4) is 67.5 Å². The van der Waals surface area contributed by atoms with Gasteiger partial charge in [0.25, 0.3) is 0 Å². The Labute approximate surface area is 361 Å². The number of aromatic nitrogens is 3. The molecular formula is C58H33N3O2. The molecule has 0 saturated heterocycles. The average molecular weight is 804 g/mol. The van der Waals surface area contributed by atoms with Crippen molar-refractivity contribution in [2.75, 3.05) is 0 Å². The fourth-order valence-corrected chi connectivity index (χ4v) is 10.9. The van der Waals surface area contributed by atoms with Gasteiger partial charge in [0.05, 0.1) is 11.0 Å². The highest BCUT2D eigenvalue weighted by Crippen LogP contribution is 2.62. The monoisotopic (exact) mass is 803 g/mol. The van der Waals surface area contributed by atoms with Crippen LogP contribution in [0.2, 0.25) is 0 Å². The van der Waals surface area contributed by atoms with E-state index < -0.39 is 5.41 Å². The number of benzene rings is 9. The molecule has 0 radical (unpaired) electrons. The van der Waals surface area contributed by atoms with Gasteiger partial charge in [-0.2, -0.15) is 0 Å². The molecule has 0 aliphatic heterocycles. The number of furan rings is 2. The first-order valence-corrected chi connectivity index (χ1v) is 21.4. The van der Waals surface area contributed by atoms with E-state index in [1.54, 1.807) is 0 Å². The number of fused-ring (bicyclic) bond motifs is 18. The number of hydrogen-bond acceptors (Lipinski definition) is 5. The van der Waals surface area contributed by atoms with E-state index in [4.69, 9.17) is 23.8 Å². The van der Waals surface area contributed by atoms with Gasteiger partial charge in [-0.1, -0.05) is 176 Å². The number of rotatable bonds is 3. The molecule has 3 aromatic heterocycles. The summed E-state index contributed by atoms with van der Waals surface area (Å²) in [6.45, 7) is 0. The van der Waals surface area contributed by atoms with Crippen molar-refractivity contribution in [1.82, 2.24) is 15.0 Å². The second kappa shape index (κ2) is 12.8. The number of para-hydroxylation sites is 3. The Morgan fingerprint density at radius 3 is 1.43 bits per heavy atom. The third kappa shape index (κ3) is 4.63. The van der Waals surface area contributed by atoms with Crippen LogP contribution in [0.15, 0.2) is 209 Å². The van der Waals surface area contributed by atoms with Crippen molar-refractivity contribution in [3.05, 3.63) is 222 Å². The molecule has 5 nitrogen and oxygen atoms in total. The number of nitrogens with zero attached hydrogens (tertiary/aromatic N) is 3. The van der Waals surface area contributed by atoms with Gasteiger partial charge in [-0.05, 0) is 79.9 Å². The van der Waals surface area contributed by atoms with Gasteiger partial charge in [0.1, 0.15) is 22.3 Å². The summed E-state index contributed by atoms with van der Waals surface area (Å²) >= 11 is 0. The molecule has 9 aromatic carbocycles. The molecule has 2 aliphatic rings. The van der Waals surface area contributed by atoms with Gasteiger partial charge in [0.15, 0.2) is 17.5 Å². The van der Waals surface area contributed by atoms with Crippen LogP contribution in [0, 0.1) is 0 Å². The first-order chi connectivity index (χ1) is 31.3. The maximum Gasteiger partial charge on any atom is 0.167 e. The molecule has 5 heteroatoms. The lowest BCUT2D eigenvalue weighted by Crippen LogP contribution is -2.29. The van der Waals surface area contributed by atoms with E-state index in [-0.39, 0.29) is 0 Å². The summed E-state index contributed by atoms with van der Waals surface area (Å²) in [5.74, 6) is 1.67. The van der Waals surface area contributed by atoms with E-state index in [1.165, 1.54) is 44.5 Å². The maximum absolute atomic E-state index is 6.63. The lowest BCUT2D eigenvalue weighted by Gasteiger charge is -2.35. The Morgan fingerprint density at radius 1 is 0.286 bits per heavy atom. The molecule has 0 atom stereocenters. The fourth-order valence-electron chi connectivity index (χ4n) is 10.9. The van der Waals surface area contributed by atoms with Crippen molar-refractivity contribution in [1.29, 1.82) is 0 Å². The van der Waals surface area contributed by atoms with Crippen molar-refractivity contribution in [2.45, 2.75) is 5.41 Å². The van der Waals surface area contributed by atoms with Crippen molar-refractivity contribution < 1.29 is 8.83 Å². The fraction of sp³-hybridized carbons (Fsp3) is 0.0172. The zero-order valence-electron chi connectivity index (χ0n) is 33.7. The van der Waals surface area contributed by atoms with Gasteiger partial charge >= 0.3 is 0 Å². The highest BCUT2D eigenvalue weighted by molar-refractivity contribution is 6.12. The van der Waals surface area contributed by atoms with E-state index >= 15 is 0 Å². The highest BCUT2D eigenvalue weighted by Gasteiger charge is 2.50. The summed E-state index contributed by atoms with van der Waals surface area (Å²) in [7, 11) is 0. The quantitative estimate of drug-likeness (QED) is 0.178. The van der Waals surface area contributed by atoms with Crippen LogP contribution in [0.1, 0.15) is 22.3 Å². The van der Waals surface area contributed by atoms with Crippen LogP contribution in [-0.4, -0.2) is 15.0 Å². The second-order valence-corrected chi connectivity index (χ2v) is 16.5. The lowest BCUT2D eigenvalue weighted by molar-refractivity contribution is 0.668. The Balaban J connectivity index is 1.10. The Morgan fingerprint density at radius 2 is 0.714 bits per heavy atom. The summed E-state index contributed by atoms with van der Waals surface area (Å²) in [6.07, 6.45) is 0. The van der Waals surface area contributed by atoms with Crippen LogP contribution in [0.3, 0.4) is 0 Å². The summed E-state index contributed by atoms with van der Waals surface area (Å²) in [6, 6.07) is 71.0. The zero-order chi connectivity index (χ0) is 41.2. The normalized spacial score (nSPS) is 13.2.